The Balaban J connectivity index is 1.62. The highest BCUT2D eigenvalue weighted by Gasteiger charge is 2.21. The standard InChI is InChI=1S/C15H15ClN6O3/c1-21-8-9(7-17-21)18-14(23)10-6-11-13(19-12(10)16)20-15(25-11)22-2-4-24-5-3-22/h6-8H,2-5H2,1H3,(H,18,23). The number of amides is 1. The highest BCUT2D eigenvalue weighted by Crippen LogP contribution is 2.26. The number of nitrogens with zero attached hydrogens (tertiary/aromatic N) is 5. The maximum atomic E-state index is 12.4. The Morgan fingerprint density at radius 2 is 2.12 bits per heavy atom. The molecule has 1 saturated heterocycles. The molecule has 1 aliphatic heterocycles. The number of nitrogens with one attached hydrogen (secondary N) is 1. The molecule has 0 aromatic carbocycles. The number of ether oxygens (including phenoxy) is 1. The third-order valence-corrected chi connectivity index (χ3v) is 4.10. The van der Waals surface area contributed by atoms with Crippen LogP contribution in [0.3, 0.4) is 0 Å². The van der Waals surface area contributed by atoms with Gasteiger partial charge in [-0.2, -0.15) is 10.1 Å². The van der Waals surface area contributed by atoms with Crippen molar-refractivity contribution in [2.45, 2.75) is 0 Å². The first-order valence-electron chi connectivity index (χ1n) is 7.70. The van der Waals surface area contributed by atoms with Gasteiger partial charge >= 0.3 is 0 Å². The maximum Gasteiger partial charge on any atom is 0.300 e. The number of halogens is 1. The number of aryl methyl sites for hydroxylation is 1. The summed E-state index contributed by atoms with van der Waals surface area (Å²) < 4.78 is 12.7. The van der Waals surface area contributed by atoms with Crippen molar-refractivity contribution in [2.24, 2.45) is 7.05 Å². The molecule has 25 heavy (non-hydrogen) atoms. The number of morpholine rings is 1. The van der Waals surface area contributed by atoms with E-state index in [-0.39, 0.29) is 10.7 Å². The second-order valence-electron chi connectivity index (χ2n) is 5.60. The van der Waals surface area contributed by atoms with E-state index >= 15 is 0 Å². The summed E-state index contributed by atoms with van der Waals surface area (Å²) in [6, 6.07) is 2.00. The van der Waals surface area contributed by atoms with Gasteiger partial charge in [-0.3, -0.25) is 9.48 Å². The summed E-state index contributed by atoms with van der Waals surface area (Å²) in [6.45, 7) is 2.61. The predicted octanol–water partition coefficient (Wildman–Crippen LogP) is 1.70. The number of hydrogen-bond acceptors (Lipinski definition) is 7. The van der Waals surface area contributed by atoms with Gasteiger partial charge in [0, 0.05) is 32.4 Å². The van der Waals surface area contributed by atoms with Gasteiger partial charge < -0.3 is 19.4 Å². The molecule has 0 radical (unpaired) electrons. The minimum atomic E-state index is -0.392. The van der Waals surface area contributed by atoms with Gasteiger partial charge in [0.15, 0.2) is 5.58 Å². The van der Waals surface area contributed by atoms with E-state index < -0.39 is 5.91 Å². The molecule has 1 fully saturated rings. The molecule has 130 valence electrons. The smallest absolute Gasteiger partial charge is 0.300 e. The van der Waals surface area contributed by atoms with Crippen molar-refractivity contribution >= 4 is 40.4 Å². The van der Waals surface area contributed by atoms with Gasteiger partial charge in [0.05, 0.1) is 30.7 Å². The third kappa shape index (κ3) is 3.15. The normalized spacial score (nSPS) is 14.9. The van der Waals surface area contributed by atoms with Crippen LogP contribution in [0.25, 0.3) is 11.2 Å². The molecule has 0 unspecified atom stereocenters. The summed E-state index contributed by atoms with van der Waals surface area (Å²) >= 11 is 6.16. The maximum absolute atomic E-state index is 12.4. The Hall–Kier alpha value is -2.65. The number of fused-ring (bicyclic) bond motifs is 1. The average molecular weight is 363 g/mol. The lowest BCUT2D eigenvalue weighted by Crippen LogP contribution is -2.36. The van der Waals surface area contributed by atoms with Gasteiger partial charge in [0.1, 0.15) is 5.15 Å². The largest absolute Gasteiger partial charge is 0.422 e. The average Bonchev–Trinajstić information content (AvgIpc) is 3.20. The fourth-order valence-corrected chi connectivity index (χ4v) is 2.78. The Morgan fingerprint density at radius 3 is 2.84 bits per heavy atom. The molecular weight excluding hydrogens is 348 g/mol. The van der Waals surface area contributed by atoms with E-state index in [1.54, 1.807) is 30.2 Å². The highest BCUT2D eigenvalue weighted by molar-refractivity contribution is 6.33. The molecule has 9 nitrogen and oxygen atoms in total. The lowest BCUT2D eigenvalue weighted by atomic mass is 10.2. The number of carbonyl (C=O) groups excluding carboxylic acids is 1. The molecule has 1 amide bonds. The van der Waals surface area contributed by atoms with Gasteiger partial charge in [0.2, 0.25) is 5.65 Å². The molecular formula is C15H15ClN6O3. The minimum Gasteiger partial charge on any atom is -0.422 e. The SMILES string of the molecule is Cn1cc(NC(=O)c2cc3oc(N4CCOCC4)nc3nc2Cl)cn1. The third-order valence-electron chi connectivity index (χ3n) is 3.81. The second kappa shape index (κ2) is 6.34. The quantitative estimate of drug-likeness (QED) is 0.708. The van der Waals surface area contributed by atoms with E-state index in [0.29, 0.717) is 49.2 Å². The second-order valence-corrected chi connectivity index (χ2v) is 5.96. The van der Waals surface area contributed by atoms with Gasteiger partial charge in [0.25, 0.3) is 11.9 Å². The molecule has 0 atom stereocenters. The molecule has 0 aliphatic carbocycles. The van der Waals surface area contributed by atoms with E-state index in [1.165, 1.54) is 0 Å². The van der Waals surface area contributed by atoms with E-state index in [9.17, 15) is 4.79 Å². The van der Waals surface area contributed by atoms with Crippen LogP contribution in [0.5, 0.6) is 0 Å². The first-order chi connectivity index (χ1) is 12.1. The molecule has 10 heteroatoms. The Labute approximate surface area is 147 Å². The first kappa shape index (κ1) is 15.9. The zero-order valence-corrected chi connectivity index (χ0v) is 14.2. The topological polar surface area (TPSA) is 98.3 Å². The van der Waals surface area contributed by atoms with E-state index in [4.69, 9.17) is 20.8 Å². The summed E-state index contributed by atoms with van der Waals surface area (Å²) in [6.07, 6.45) is 3.23. The van der Waals surface area contributed by atoms with Crippen molar-refractivity contribution in [3.05, 3.63) is 29.2 Å². The molecule has 1 N–H and O–H groups in total. The number of carbonyl (C=O) groups is 1. The van der Waals surface area contributed by atoms with Crippen LogP contribution in [0.2, 0.25) is 5.15 Å². The molecule has 0 spiro atoms. The molecule has 4 heterocycles. The van der Waals surface area contributed by atoms with Crippen molar-refractivity contribution in [3.63, 3.8) is 0 Å². The fraction of sp³-hybridized carbons (Fsp3) is 0.333. The fourth-order valence-electron chi connectivity index (χ4n) is 2.56. The van der Waals surface area contributed by atoms with Crippen molar-refractivity contribution < 1.29 is 13.9 Å². The van der Waals surface area contributed by atoms with Gasteiger partial charge in [-0.1, -0.05) is 11.6 Å². The number of anilines is 2. The monoisotopic (exact) mass is 362 g/mol. The van der Waals surface area contributed by atoms with Gasteiger partial charge in [-0.05, 0) is 0 Å². The summed E-state index contributed by atoms with van der Waals surface area (Å²) in [5.74, 6) is -0.392. The van der Waals surface area contributed by atoms with Crippen molar-refractivity contribution in [1.82, 2.24) is 19.7 Å². The van der Waals surface area contributed by atoms with Crippen LogP contribution in [-0.2, 0) is 11.8 Å². The summed E-state index contributed by atoms with van der Waals surface area (Å²) in [5.41, 5.74) is 1.55. The van der Waals surface area contributed by atoms with Crippen molar-refractivity contribution in [2.75, 3.05) is 36.5 Å². The zero-order chi connectivity index (χ0) is 17.4. The number of rotatable bonds is 3. The van der Waals surface area contributed by atoms with Gasteiger partial charge in [-0.15, -0.1) is 0 Å². The van der Waals surface area contributed by atoms with Crippen LogP contribution in [0.1, 0.15) is 10.4 Å². The van der Waals surface area contributed by atoms with E-state index in [1.807, 2.05) is 4.90 Å². The number of oxazole rings is 1. The van der Waals surface area contributed by atoms with E-state index in [0.717, 1.165) is 0 Å². The molecule has 3 aromatic heterocycles. The van der Waals surface area contributed by atoms with Crippen LogP contribution < -0.4 is 10.2 Å². The first-order valence-corrected chi connectivity index (χ1v) is 8.08. The molecule has 1 aliphatic rings. The molecule has 0 saturated carbocycles. The lowest BCUT2D eigenvalue weighted by molar-refractivity contribution is 0.102. The van der Waals surface area contributed by atoms with Crippen LogP contribution in [0.15, 0.2) is 22.9 Å². The highest BCUT2D eigenvalue weighted by atomic mass is 35.5. The van der Waals surface area contributed by atoms with Crippen LogP contribution in [-0.4, -0.2) is 52.0 Å². The van der Waals surface area contributed by atoms with Gasteiger partial charge in [-0.25, -0.2) is 4.98 Å². The molecule has 4 rings (SSSR count). The molecule has 0 bridgehead atoms. The Bertz CT molecular complexity index is 931. The lowest BCUT2D eigenvalue weighted by Gasteiger charge is -2.24. The number of hydrogen-bond donors (Lipinski definition) is 1. The molecule has 3 aromatic rings. The Morgan fingerprint density at radius 1 is 1.32 bits per heavy atom. The van der Waals surface area contributed by atoms with Crippen molar-refractivity contribution in [3.8, 4) is 0 Å². The summed E-state index contributed by atoms with van der Waals surface area (Å²) in [7, 11) is 1.76. The van der Waals surface area contributed by atoms with Crippen LogP contribution >= 0.6 is 11.6 Å². The van der Waals surface area contributed by atoms with Crippen LogP contribution in [0.4, 0.5) is 11.7 Å². The number of aromatic nitrogens is 4. The predicted molar refractivity (Wildman–Crippen MR) is 91.0 cm³/mol. The van der Waals surface area contributed by atoms with E-state index in [2.05, 4.69) is 20.4 Å². The summed E-state index contributed by atoms with van der Waals surface area (Å²) in [5, 5.41) is 6.78. The minimum absolute atomic E-state index is 0.0655. The van der Waals surface area contributed by atoms with Crippen LogP contribution in [0, 0.1) is 0 Å². The van der Waals surface area contributed by atoms with Crippen molar-refractivity contribution in [1.29, 1.82) is 0 Å². The Kier molecular flexibility index (Phi) is 4.02. The summed E-state index contributed by atoms with van der Waals surface area (Å²) in [4.78, 5) is 22.9. The zero-order valence-electron chi connectivity index (χ0n) is 13.4. The number of pyridine rings is 1.